The molecule has 2 heterocycles. The van der Waals surface area contributed by atoms with Crippen molar-refractivity contribution in [3.05, 3.63) is 52.8 Å². The lowest BCUT2D eigenvalue weighted by atomic mass is 9.87. The van der Waals surface area contributed by atoms with Crippen molar-refractivity contribution in [2.75, 3.05) is 20.1 Å². The summed E-state index contributed by atoms with van der Waals surface area (Å²) in [5.41, 5.74) is 1.74. The van der Waals surface area contributed by atoms with Crippen molar-refractivity contribution in [2.45, 2.75) is 25.0 Å². The molecule has 0 saturated carbocycles. The molecule has 7 heteroatoms. The molecule has 2 atom stereocenters. The van der Waals surface area contributed by atoms with E-state index in [1.54, 1.807) is 30.1 Å². The van der Waals surface area contributed by atoms with Gasteiger partial charge in [0.15, 0.2) is 0 Å². The molecule has 1 aliphatic heterocycles. The van der Waals surface area contributed by atoms with Crippen LogP contribution >= 0.6 is 11.6 Å². The van der Waals surface area contributed by atoms with E-state index in [0.29, 0.717) is 18.1 Å². The maximum Gasteiger partial charge on any atom is 0.244 e. The highest BCUT2D eigenvalue weighted by molar-refractivity contribution is 6.30. The Kier molecular flexibility index (Phi) is 5.96. The van der Waals surface area contributed by atoms with Crippen LogP contribution in [0.4, 0.5) is 0 Å². The zero-order valence-electron chi connectivity index (χ0n) is 15.1. The summed E-state index contributed by atoms with van der Waals surface area (Å²) >= 11 is 5.91. The maximum absolute atomic E-state index is 12.9. The predicted molar refractivity (Wildman–Crippen MR) is 101 cm³/mol. The maximum atomic E-state index is 12.9. The Morgan fingerprint density at radius 1 is 1.27 bits per heavy atom. The highest BCUT2D eigenvalue weighted by atomic mass is 35.5. The number of halogens is 1. The summed E-state index contributed by atoms with van der Waals surface area (Å²) in [5.74, 6) is 0.201. The second-order valence-corrected chi connectivity index (χ2v) is 7.26. The highest BCUT2D eigenvalue weighted by Crippen LogP contribution is 2.32. The molecule has 2 unspecified atom stereocenters. The van der Waals surface area contributed by atoms with Gasteiger partial charge in [0, 0.05) is 36.9 Å². The molecule has 2 N–H and O–H groups in total. The van der Waals surface area contributed by atoms with Crippen LogP contribution in [0.1, 0.15) is 36.1 Å². The number of amides is 1. The minimum Gasteiger partial charge on any atom is -0.388 e. The van der Waals surface area contributed by atoms with Crippen LogP contribution in [0.15, 0.2) is 36.7 Å². The molecule has 1 aliphatic rings. The van der Waals surface area contributed by atoms with Gasteiger partial charge in [-0.2, -0.15) is 5.10 Å². The first-order chi connectivity index (χ1) is 12.5. The quantitative estimate of drug-likeness (QED) is 0.840. The number of likely N-dealkylation sites (N-methyl/N-ethyl adjacent to an activating group) is 1. The minimum absolute atomic E-state index is 0.0555. The molecule has 1 aromatic heterocycles. The van der Waals surface area contributed by atoms with E-state index in [1.165, 1.54) is 0 Å². The average molecular weight is 377 g/mol. The summed E-state index contributed by atoms with van der Waals surface area (Å²) in [4.78, 5) is 14.7. The lowest BCUT2D eigenvalue weighted by Crippen LogP contribution is -2.44. The fourth-order valence-electron chi connectivity index (χ4n) is 3.57. The number of nitrogens with one attached hydrogen (secondary N) is 1. The average Bonchev–Trinajstić information content (AvgIpc) is 3.08. The zero-order valence-corrected chi connectivity index (χ0v) is 15.9. The van der Waals surface area contributed by atoms with E-state index in [1.807, 2.05) is 30.3 Å². The molecule has 6 nitrogen and oxygen atoms in total. The molecular formula is C19H25ClN4O2. The molecule has 1 amide bonds. The number of likely N-dealkylation sites (tertiary alicyclic amines) is 1. The summed E-state index contributed by atoms with van der Waals surface area (Å²) in [5, 5.41) is 18.5. The Hall–Kier alpha value is -1.89. The summed E-state index contributed by atoms with van der Waals surface area (Å²) in [6.45, 7) is 1.29. The molecule has 26 heavy (non-hydrogen) atoms. The second-order valence-electron chi connectivity index (χ2n) is 6.83. The molecule has 0 radical (unpaired) electrons. The Labute approximate surface area is 158 Å². The fourth-order valence-corrected chi connectivity index (χ4v) is 3.70. The van der Waals surface area contributed by atoms with Gasteiger partial charge in [0.1, 0.15) is 6.04 Å². The number of nitrogens with zero attached hydrogens (tertiary/aromatic N) is 3. The van der Waals surface area contributed by atoms with Gasteiger partial charge in [-0.1, -0.05) is 23.7 Å². The molecule has 140 valence electrons. The zero-order chi connectivity index (χ0) is 18.7. The van der Waals surface area contributed by atoms with Gasteiger partial charge < -0.3 is 15.3 Å². The van der Waals surface area contributed by atoms with Crippen molar-refractivity contribution < 1.29 is 9.90 Å². The van der Waals surface area contributed by atoms with Crippen LogP contribution in [0.3, 0.4) is 0 Å². The van der Waals surface area contributed by atoms with Gasteiger partial charge in [0.25, 0.3) is 0 Å². The monoisotopic (exact) mass is 376 g/mol. The second kappa shape index (κ2) is 8.20. The third-order valence-corrected chi connectivity index (χ3v) is 5.36. The first kappa shape index (κ1) is 18.9. The molecule has 0 spiro atoms. The van der Waals surface area contributed by atoms with Crippen LogP contribution in [0, 0.1) is 5.92 Å². The topological polar surface area (TPSA) is 70.4 Å². The van der Waals surface area contributed by atoms with Crippen molar-refractivity contribution in [3.8, 4) is 0 Å². The van der Waals surface area contributed by atoms with Crippen LogP contribution < -0.4 is 5.32 Å². The number of hydrogen-bond donors (Lipinski definition) is 2. The highest BCUT2D eigenvalue weighted by Gasteiger charge is 2.31. The predicted octanol–water partition coefficient (Wildman–Crippen LogP) is 2.31. The Balaban J connectivity index is 1.60. The van der Waals surface area contributed by atoms with Gasteiger partial charge in [-0.05, 0) is 43.5 Å². The number of carbonyl (C=O) groups is 1. The number of aryl methyl sites for hydroxylation is 1. The third-order valence-electron chi connectivity index (χ3n) is 5.10. The van der Waals surface area contributed by atoms with Gasteiger partial charge in [-0.15, -0.1) is 0 Å². The van der Waals surface area contributed by atoms with Gasteiger partial charge in [-0.3, -0.25) is 9.48 Å². The van der Waals surface area contributed by atoms with Crippen molar-refractivity contribution in [2.24, 2.45) is 13.0 Å². The smallest absolute Gasteiger partial charge is 0.244 e. The van der Waals surface area contributed by atoms with E-state index in [9.17, 15) is 9.90 Å². The number of benzene rings is 1. The molecule has 0 aliphatic carbocycles. The van der Waals surface area contributed by atoms with Crippen LogP contribution in [-0.4, -0.2) is 45.8 Å². The van der Waals surface area contributed by atoms with Crippen LogP contribution in [0.25, 0.3) is 0 Å². The van der Waals surface area contributed by atoms with Gasteiger partial charge >= 0.3 is 0 Å². The van der Waals surface area contributed by atoms with E-state index in [2.05, 4.69) is 10.4 Å². The number of carbonyl (C=O) groups excluding carboxylic acids is 1. The number of piperidine rings is 1. The molecule has 1 aromatic carbocycles. The molecule has 1 fully saturated rings. The number of aliphatic hydroxyl groups is 1. The first-order valence-corrected chi connectivity index (χ1v) is 9.25. The summed E-state index contributed by atoms with van der Waals surface area (Å²) in [7, 11) is 3.62. The van der Waals surface area contributed by atoms with E-state index in [0.717, 1.165) is 24.0 Å². The molecule has 3 rings (SSSR count). The lowest BCUT2D eigenvalue weighted by molar-refractivity contribution is -0.135. The first-order valence-electron chi connectivity index (χ1n) is 8.87. The van der Waals surface area contributed by atoms with E-state index >= 15 is 0 Å². The fraction of sp³-hybridized carbons (Fsp3) is 0.474. The number of rotatable bonds is 5. The normalized spacial score (nSPS) is 17.9. The third kappa shape index (κ3) is 4.09. The van der Waals surface area contributed by atoms with Crippen LogP contribution in [0.2, 0.25) is 5.02 Å². The largest absolute Gasteiger partial charge is 0.388 e. The summed E-state index contributed by atoms with van der Waals surface area (Å²) in [6.07, 6.45) is 4.60. The van der Waals surface area contributed by atoms with Crippen molar-refractivity contribution >= 4 is 17.5 Å². The van der Waals surface area contributed by atoms with Gasteiger partial charge in [-0.25, -0.2) is 0 Å². The van der Waals surface area contributed by atoms with E-state index in [-0.39, 0.29) is 17.9 Å². The van der Waals surface area contributed by atoms with Crippen molar-refractivity contribution in [3.63, 3.8) is 0 Å². The number of aliphatic hydroxyl groups excluding tert-OH is 1. The Bertz CT molecular complexity index is 738. The molecule has 2 aromatic rings. The van der Waals surface area contributed by atoms with E-state index < -0.39 is 6.10 Å². The van der Waals surface area contributed by atoms with Crippen LogP contribution in [0.5, 0.6) is 0 Å². The number of aromatic nitrogens is 2. The Morgan fingerprint density at radius 2 is 1.92 bits per heavy atom. The molecule has 1 saturated heterocycles. The Morgan fingerprint density at radius 3 is 2.46 bits per heavy atom. The van der Waals surface area contributed by atoms with Crippen molar-refractivity contribution in [1.29, 1.82) is 0 Å². The summed E-state index contributed by atoms with van der Waals surface area (Å²) < 4.78 is 1.70. The summed E-state index contributed by atoms with van der Waals surface area (Å²) in [6, 6.07) is 6.93. The molecule has 0 bridgehead atoms. The van der Waals surface area contributed by atoms with Crippen molar-refractivity contribution in [1.82, 2.24) is 20.0 Å². The lowest BCUT2D eigenvalue weighted by Gasteiger charge is -2.36. The SMILES string of the molecule is CNC(C(=O)N1CCC(C(O)c2ccc(Cl)cc2)CC1)c1cnn(C)c1. The number of hydrogen-bond acceptors (Lipinski definition) is 4. The molecular weight excluding hydrogens is 352 g/mol. The van der Waals surface area contributed by atoms with Gasteiger partial charge in [0.2, 0.25) is 5.91 Å². The minimum atomic E-state index is -0.525. The van der Waals surface area contributed by atoms with Gasteiger partial charge in [0.05, 0.1) is 12.3 Å². The van der Waals surface area contributed by atoms with Crippen LogP contribution in [-0.2, 0) is 11.8 Å². The standard InChI is InChI=1S/C19H25ClN4O2/c1-21-17(15-11-22-23(2)12-15)19(26)24-9-7-14(8-10-24)18(25)13-3-5-16(20)6-4-13/h3-6,11-12,14,17-18,21,25H,7-10H2,1-2H3. The van der Waals surface area contributed by atoms with E-state index in [4.69, 9.17) is 11.6 Å².